The van der Waals surface area contributed by atoms with Crippen molar-refractivity contribution in [2.75, 3.05) is 7.11 Å². The fourth-order valence-corrected chi connectivity index (χ4v) is 3.12. The number of ether oxygens (including phenoxy) is 1. The zero-order valence-corrected chi connectivity index (χ0v) is 14.5. The monoisotopic (exact) mass is 360 g/mol. The van der Waals surface area contributed by atoms with Crippen LogP contribution in [-0.4, -0.2) is 23.1 Å². The van der Waals surface area contributed by atoms with Crippen molar-refractivity contribution < 1.29 is 24.2 Å². The molecule has 27 heavy (non-hydrogen) atoms. The van der Waals surface area contributed by atoms with Crippen molar-refractivity contribution >= 4 is 16.8 Å². The normalized spacial score (nSPS) is 10.9. The molecule has 0 aliphatic carbocycles. The van der Waals surface area contributed by atoms with Gasteiger partial charge in [0.2, 0.25) is 11.5 Å². The van der Waals surface area contributed by atoms with Crippen LogP contribution in [0.2, 0.25) is 0 Å². The highest BCUT2D eigenvalue weighted by atomic mass is 16.5. The molecule has 4 rings (SSSR count). The van der Waals surface area contributed by atoms with Gasteiger partial charge in [-0.05, 0) is 6.07 Å². The number of benzene rings is 3. The minimum absolute atomic E-state index is 0.0192. The van der Waals surface area contributed by atoms with Crippen LogP contribution in [0, 0.1) is 0 Å². The zero-order valence-electron chi connectivity index (χ0n) is 14.5. The second-order valence-corrected chi connectivity index (χ2v) is 6.02. The molecule has 0 aliphatic heterocycles. The highest BCUT2D eigenvalue weighted by Gasteiger charge is 2.27. The van der Waals surface area contributed by atoms with Crippen molar-refractivity contribution in [1.82, 2.24) is 0 Å². The third-order valence-corrected chi connectivity index (χ3v) is 4.39. The van der Waals surface area contributed by atoms with Crippen LogP contribution in [0.25, 0.3) is 22.3 Å². The van der Waals surface area contributed by atoms with Gasteiger partial charge in [0.05, 0.1) is 12.7 Å². The van der Waals surface area contributed by atoms with E-state index >= 15 is 0 Å². The maximum Gasteiger partial charge on any atom is 0.208 e. The fourth-order valence-electron chi connectivity index (χ4n) is 3.12. The van der Waals surface area contributed by atoms with Crippen LogP contribution in [0.5, 0.6) is 17.2 Å². The number of carbonyl (C=O) groups is 1. The molecule has 2 N–H and O–H groups in total. The van der Waals surface area contributed by atoms with Gasteiger partial charge in [0, 0.05) is 16.5 Å². The van der Waals surface area contributed by atoms with Crippen molar-refractivity contribution in [1.29, 1.82) is 0 Å². The van der Waals surface area contributed by atoms with E-state index in [1.807, 2.05) is 36.4 Å². The van der Waals surface area contributed by atoms with Crippen molar-refractivity contribution in [2.45, 2.75) is 0 Å². The van der Waals surface area contributed by atoms with Crippen LogP contribution in [0.3, 0.4) is 0 Å². The van der Waals surface area contributed by atoms with Crippen molar-refractivity contribution in [3.8, 4) is 28.6 Å². The zero-order chi connectivity index (χ0) is 19.0. The summed E-state index contributed by atoms with van der Waals surface area (Å²) in [6.45, 7) is 0. The molecule has 0 fully saturated rings. The number of phenolic OH excluding ortho intramolecular Hbond substituents is 2. The average Bonchev–Trinajstić information content (AvgIpc) is 3.08. The first-order valence-electron chi connectivity index (χ1n) is 8.32. The number of carbonyl (C=O) groups excluding carboxylic acids is 1. The molecule has 0 unspecified atom stereocenters. The lowest BCUT2D eigenvalue weighted by Crippen LogP contribution is -2.02. The quantitative estimate of drug-likeness (QED) is 0.405. The SMILES string of the molecule is COc1c(O)c(O)cc2c(C(=O)c3ccccc3)c(-c3ccccc3)oc12. The average molecular weight is 360 g/mol. The summed E-state index contributed by atoms with van der Waals surface area (Å²) in [5.74, 6) is -0.740. The molecule has 1 heterocycles. The van der Waals surface area contributed by atoms with Gasteiger partial charge in [0.1, 0.15) is 5.76 Å². The van der Waals surface area contributed by atoms with Gasteiger partial charge in [-0.3, -0.25) is 4.79 Å². The van der Waals surface area contributed by atoms with E-state index in [2.05, 4.69) is 0 Å². The summed E-state index contributed by atoms with van der Waals surface area (Å²) >= 11 is 0. The van der Waals surface area contributed by atoms with E-state index in [1.165, 1.54) is 13.2 Å². The Balaban J connectivity index is 2.08. The van der Waals surface area contributed by atoms with E-state index in [0.717, 1.165) is 0 Å². The third kappa shape index (κ3) is 2.69. The van der Waals surface area contributed by atoms with Crippen molar-refractivity contribution in [3.05, 3.63) is 77.9 Å². The Morgan fingerprint density at radius 1 is 0.963 bits per heavy atom. The second kappa shape index (κ2) is 6.53. The van der Waals surface area contributed by atoms with E-state index in [1.54, 1.807) is 24.3 Å². The largest absolute Gasteiger partial charge is 0.504 e. The Bertz CT molecular complexity index is 1130. The minimum atomic E-state index is -0.433. The van der Waals surface area contributed by atoms with Crippen molar-refractivity contribution in [3.63, 3.8) is 0 Å². The topological polar surface area (TPSA) is 79.9 Å². The number of methoxy groups -OCH3 is 1. The summed E-state index contributed by atoms with van der Waals surface area (Å²) in [7, 11) is 1.36. The Kier molecular flexibility index (Phi) is 4.05. The molecule has 0 bridgehead atoms. The molecular formula is C22H16O5. The lowest BCUT2D eigenvalue weighted by atomic mass is 9.97. The van der Waals surface area contributed by atoms with E-state index in [4.69, 9.17) is 9.15 Å². The number of rotatable bonds is 4. The molecule has 5 nitrogen and oxygen atoms in total. The molecule has 0 spiro atoms. The molecule has 134 valence electrons. The lowest BCUT2D eigenvalue weighted by Gasteiger charge is -2.06. The first kappa shape index (κ1) is 16.7. The molecule has 4 aromatic rings. The van der Waals surface area contributed by atoms with E-state index in [0.29, 0.717) is 27.8 Å². The van der Waals surface area contributed by atoms with Gasteiger partial charge in [-0.1, -0.05) is 60.7 Å². The number of ketones is 1. The van der Waals surface area contributed by atoms with Gasteiger partial charge in [-0.2, -0.15) is 0 Å². The predicted molar refractivity (Wildman–Crippen MR) is 101 cm³/mol. The number of aromatic hydroxyl groups is 2. The Morgan fingerprint density at radius 2 is 1.59 bits per heavy atom. The van der Waals surface area contributed by atoms with Gasteiger partial charge in [0.15, 0.2) is 17.1 Å². The van der Waals surface area contributed by atoms with Crippen LogP contribution >= 0.6 is 0 Å². The maximum absolute atomic E-state index is 13.3. The third-order valence-electron chi connectivity index (χ3n) is 4.39. The fraction of sp³-hybridized carbons (Fsp3) is 0.0455. The standard InChI is InChI=1S/C22H16O5/c1-26-22-19(25)16(23)12-15-17(18(24)13-8-4-2-5-9-13)20(27-21(15)22)14-10-6-3-7-11-14/h2-12,23,25H,1H3. The van der Waals surface area contributed by atoms with Gasteiger partial charge >= 0.3 is 0 Å². The molecular weight excluding hydrogens is 344 g/mol. The molecule has 1 aromatic heterocycles. The number of hydrogen-bond donors (Lipinski definition) is 2. The summed E-state index contributed by atoms with van der Waals surface area (Å²) in [6.07, 6.45) is 0. The molecule has 5 heteroatoms. The molecule has 0 atom stereocenters. The number of fused-ring (bicyclic) bond motifs is 1. The first-order chi connectivity index (χ1) is 13.1. The van der Waals surface area contributed by atoms with Gasteiger partial charge < -0.3 is 19.4 Å². The number of phenols is 2. The van der Waals surface area contributed by atoms with Crippen LogP contribution in [-0.2, 0) is 0 Å². The van der Waals surface area contributed by atoms with Crippen LogP contribution in [0.1, 0.15) is 15.9 Å². The maximum atomic E-state index is 13.3. The molecule has 0 amide bonds. The molecule has 0 saturated carbocycles. The summed E-state index contributed by atoms with van der Waals surface area (Å²) in [6, 6.07) is 19.3. The Labute approximate surface area is 155 Å². The Hall–Kier alpha value is -3.73. The molecule has 0 aliphatic rings. The van der Waals surface area contributed by atoms with Gasteiger partial charge in [0.25, 0.3) is 0 Å². The summed E-state index contributed by atoms with van der Waals surface area (Å²) in [5, 5.41) is 20.6. The Morgan fingerprint density at radius 3 is 2.22 bits per heavy atom. The highest BCUT2D eigenvalue weighted by Crippen LogP contribution is 2.47. The summed E-state index contributed by atoms with van der Waals surface area (Å²) in [4.78, 5) is 13.3. The number of furan rings is 1. The predicted octanol–water partition coefficient (Wildman–Crippen LogP) is 4.75. The van der Waals surface area contributed by atoms with Crippen molar-refractivity contribution in [2.24, 2.45) is 0 Å². The summed E-state index contributed by atoms with van der Waals surface area (Å²) in [5.41, 5.74) is 1.69. The summed E-state index contributed by atoms with van der Waals surface area (Å²) < 4.78 is 11.2. The highest BCUT2D eigenvalue weighted by molar-refractivity contribution is 6.20. The smallest absolute Gasteiger partial charge is 0.208 e. The molecule has 0 saturated heterocycles. The van der Waals surface area contributed by atoms with Gasteiger partial charge in [-0.25, -0.2) is 0 Å². The van der Waals surface area contributed by atoms with Crippen LogP contribution in [0.4, 0.5) is 0 Å². The van der Waals surface area contributed by atoms with Gasteiger partial charge in [-0.15, -0.1) is 0 Å². The second-order valence-electron chi connectivity index (χ2n) is 6.02. The molecule has 3 aromatic carbocycles. The molecule has 0 radical (unpaired) electrons. The van der Waals surface area contributed by atoms with Crippen LogP contribution < -0.4 is 4.74 Å². The van der Waals surface area contributed by atoms with E-state index < -0.39 is 5.75 Å². The van der Waals surface area contributed by atoms with Crippen LogP contribution in [0.15, 0.2) is 71.1 Å². The number of hydrogen-bond acceptors (Lipinski definition) is 5. The lowest BCUT2D eigenvalue weighted by molar-refractivity contribution is 0.104. The first-order valence-corrected chi connectivity index (χ1v) is 8.32. The van der Waals surface area contributed by atoms with E-state index in [-0.39, 0.29) is 22.9 Å². The minimum Gasteiger partial charge on any atom is -0.504 e. The van der Waals surface area contributed by atoms with E-state index in [9.17, 15) is 15.0 Å².